The summed E-state index contributed by atoms with van der Waals surface area (Å²) in [6.45, 7) is 3.97. The van der Waals surface area contributed by atoms with Gasteiger partial charge in [0.05, 0.1) is 18.4 Å². The van der Waals surface area contributed by atoms with Crippen LogP contribution in [0.15, 0.2) is 48.0 Å². The summed E-state index contributed by atoms with van der Waals surface area (Å²) < 4.78 is 42.9. The van der Waals surface area contributed by atoms with E-state index >= 15 is 0 Å². The molecule has 2 aromatic rings. The van der Waals surface area contributed by atoms with E-state index in [1.54, 1.807) is 13.2 Å². The van der Waals surface area contributed by atoms with E-state index in [1.807, 2.05) is 25.1 Å². The monoisotopic (exact) mass is 625 g/mol. The molecule has 0 aromatic heterocycles. The third-order valence-electron chi connectivity index (χ3n) is 10.9. The summed E-state index contributed by atoms with van der Waals surface area (Å²) in [5.74, 6) is 0.954. The molecule has 1 spiro atoms. The van der Waals surface area contributed by atoms with E-state index in [2.05, 4.69) is 27.8 Å². The van der Waals surface area contributed by atoms with Crippen LogP contribution in [0.3, 0.4) is 0 Å². The van der Waals surface area contributed by atoms with Crippen LogP contribution in [0.4, 0.5) is 5.69 Å². The lowest BCUT2D eigenvalue weighted by molar-refractivity contribution is -0.000510. The van der Waals surface area contributed by atoms with Crippen LogP contribution in [0.2, 0.25) is 5.02 Å². The molecule has 8 rings (SSSR count). The van der Waals surface area contributed by atoms with Gasteiger partial charge in [-0.15, -0.1) is 0 Å². The van der Waals surface area contributed by atoms with Gasteiger partial charge in [0.15, 0.2) is 0 Å². The van der Waals surface area contributed by atoms with Crippen LogP contribution in [0.25, 0.3) is 0 Å². The maximum absolute atomic E-state index is 13.4. The van der Waals surface area contributed by atoms with Gasteiger partial charge in [0.25, 0.3) is 5.91 Å². The lowest BCUT2D eigenvalue weighted by Gasteiger charge is -2.48. The van der Waals surface area contributed by atoms with E-state index in [9.17, 15) is 13.2 Å². The van der Waals surface area contributed by atoms with Gasteiger partial charge in [-0.25, -0.2) is 4.72 Å². The number of hydrogen-bond donors (Lipinski definition) is 1. The highest BCUT2D eigenvalue weighted by Crippen LogP contribution is 2.49. The van der Waals surface area contributed by atoms with Gasteiger partial charge in [-0.1, -0.05) is 23.7 Å². The number of aryl methyl sites for hydroxylation is 1. The van der Waals surface area contributed by atoms with E-state index in [-0.39, 0.29) is 23.5 Å². The highest BCUT2D eigenvalue weighted by Gasteiger charge is 2.46. The predicted octanol–water partition coefficient (Wildman–Crippen LogP) is 5.11. The molecular weight excluding hydrogens is 586 g/mol. The van der Waals surface area contributed by atoms with E-state index in [4.69, 9.17) is 21.1 Å². The molecule has 1 unspecified atom stereocenters. The van der Waals surface area contributed by atoms with E-state index < -0.39 is 16.1 Å². The topological polar surface area (TPSA) is 88.2 Å². The molecule has 8 nitrogen and oxygen atoms in total. The quantitative estimate of drug-likeness (QED) is 0.443. The second kappa shape index (κ2) is 10.8. The summed E-state index contributed by atoms with van der Waals surface area (Å²) in [4.78, 5) is 15.8. The molecule has 3 heterocycles. The number of benzene rings is 2. The highest BCUT2D eigenvalue weighted by atomic mass is 35.5. The Balaban J connectivity index is 1.32. The number of fused-ring (bicyclic) bond motifs is 6. The molecule has 2 aromatic carbocycles. The maximum Gasteiger partial charge on any atom is 0.304 e. The van der Waals surface area contributed by atoms with Gasteiger partial charge in [-0.2, -0.15) is 12.7 Å². The minimum absolute atomic E-state index is 0.0252. The van der Waals surface area contributed by atoms with E-state index in [0.29, 0.717) is 29.8 Å². The summed E-state index contributed by atoms with van der Waals surface area (Å²) in [5, 5.41) is 0.750. The molecule has 1 fully saturated rings. The van der Waals surface area contributed by atoms with E-state index in [0.717, 1.165) is 62.3 Å². The SMILES string of the molecule is CO[C@@H]1C2=CC(C2)[C@H](C)N(C)S(=O)(=O)NC(=O)c2ccc3c(c2)N(C[C@@H]2CC[C@H]21)C[C@@]1(CCCc2cc(Cl)ccc21)CO3. The molecule has 3 aliphatic carbocycles. The van der Waals surface area contributed by atoms with Crippen LogP contribution < -0.4 is 14.4 Å². The van der Waals surface area contributed by atoms with Crippen molar-refractivity contribution >= 4 is 33.4 Å². The van der Waals surface area contributed by atoms with Crippen LogP contribution in [0.5, 0.6) is 5.75 Å². The Kier molecular flexibility index (Phi) is 7.31. The molecule has 6 aliphatic rings. The Morgan fingerprint density at radius 2 is 1.98 bits per heavy atom. The van der Waals surface area contributed by atoms with Gasteiger partial charge in [0.1, 0.15) is 5.75 Å². The van der Waals surface area contributed by atoms with Gasteiger partial charge in [-0.3, -0.25) is 4.79 Å². The molecule has 1 amide bonds. The van der Waals surface area contributed by atoms with E-state index in [1.165, 1.54) is 28.1 Å². The number of halogens is 1. The fraction of sp³-hybridized carbons (Fsp3) is 0.545. The minimum Gasteiger partial charge on any atom is -0.490 e. The zero-order valence-corrected chi connectivity index (χ0v) is 26.6. The average Bonchev–Trinajstić information content (AvgIpc) is 3.09. The average molecular weight is 626 g/mol. The number of rotatable bonds is 1. The van der Waals surface area contributed by atoms with Crippen molar-refractivity contribution < 1.29 is 22.7 Å². The molecule has 6 atom stereocenters. The standard InChI is InChI=1S/C33H40ClN3O5S/c1-20-24-13-25(14-24)31(41-3)27-9-6-23(27)17-37-18-33(12-4-5-21-15-26(34)8-10-28(21)33)19-42-30-11-7-22(16-29(30)37)32(38)35-43(39,40)36(20)2/h7-8,10-11,13,15-16,20,23-24,27,31H,4-6,9,12,14,17-19H2,1-3H3,(H,35,38)/t20-,23-,24?,27+,31+,33-/m0/s1. The summed E-state index contributed by atoms with van der Waals surface area (Å²) >= 11 is 6.42. The maximum atomic E-state index is 13.4. The number of ether oxygens (including phenoxy) is 2. The largest absolute Gasteiger partial charge is 0.490 e. The molecule has 0 radical (unpaired) electrons. The first-order valence-electron chi connectivity index (χ1n) is 15.4. The first kappa shape index (κ1) is 29.1. The van der Waals surface area contributed by atoms with Crippen LogP contribution in [-0.4, -0.2) is 64.6 Å². The zero-order chi connectivity index (χ0) is 30.1. The summed E-state index contributed by atoms with van der Waals surface area (Å²) in [7, 11) is -0.727. The number of amides is 1. The number of nitrogens with one attached hydrogen (secondary N) is 1. The summed E-state index contributed by atoms with van der Waals surface area (Å²) in [6.07, 6.45) is 8.25. The van der Waals surface area contributed by atoms with Crippen molar-refractivity contribution in [2.45, 2.75) is 63.0 Å². The Morgan fingerprint density at radius 3 is 2.72 bits per heavy atom. The third kappa shape index (κ3) is 4.96. The summed E-state index contributed by atoms with van der Waals surface area (Å²) in [5.41, 5.74) is 4.72. The lowest BCUT2D eigenvalue weighted by atomic mass is 9.65. The Bertz CT molecular complexity index is 1590. The van der Waals surface area contributed by atoms with Gasteiger partial charge >= 0.3 is 10.2 Å². The Morgan fingerprint density at radius 1 is 1.16 bits per heavy atom. The molecule has 230 valence electrons. The van der Waals surface area contributed by atoms with Crippen molar-refractivity contribution in [2.24, 2.45) is 17.8 Å². The number of carbonyl (C=O) groups is 1. The van der Waals surface area contributed by atoms with Gasteiger partial charge in [-0.05, 0) is 110 Å². The van der Waals surface area contributed by atoms with Crippen LogP contribution in [0.1, 0.15) is 60.5 Å². The smallest absolute Gasteiger partial charge is 0.304 e. The molecule has 0 saturated heterocycles. The van der Waals surface area contributed by atoms with Crippen molar-refractivity contribution in [1.29, 1.82) is 0 Å². The second-order valence-electron chi connectivity index (χ2n) is 13.2. The normalized spacial score (nSPS) is 33.5. The van der Waals surface area contributed by atoms with Crippen LogP contribution in [-0.2, 0) is 26.8 Å². The number of methoxy groups -OCH3 is 1. The number of hydrogen-bond acceptors (Lipinski definition) is 6. The first-order chi connectivity index (χ1) is 20.6. The molecule has 3 aliphatic heterocycles. The number of carbonyl (C=O) groups excluding carboxylic acids is 1. The lowest BCUT2D eigenvalue weighted by Crippen LogP contribution is -2.51. The molecule has 43 heavy (non-hydrogen) atoms. The fourth-order valence-electron chi connectivity index (χ4n) is 8.13. The molecule has 4 bridgehead atoms. The Hall–Kier alpha value is -2.59. The van der Waals surface area contributed by atoms with Crippen molar-refractivity contribution in [2.75, 3.05) is 38.8 Å². The predicted molar refractivity (Wildman–Crippen MR) is 167 cm³/mol. The van der Waals surface area contributed by atoms with Crippen molar-refractivity contribution in [3.05, 3.63) is 69.8 Å². The highest BCUT2D eigenvalue weighted by molar-refractivity contribution is 7.87. The molecular formula is C33H40ClN3O5S. The number of anilines is 1. The minimum atomic E-state index is -4.05. The molecule has 10 heteroatoms. The molecule has 1 N–H and O–H groups in total. The van der Waals surface area contributed by atoms with Crippen molar-refractivity contribution in [3.63, 3.8) is 0 Å². The van der Waals surface area contributed by atoms with Crippen molar-refractivity contribution in [3.8, 4) is 5.75 Å². The van der Waals surface area contributed by atoms with Crippen LogP contribution >= 0.6 is 11.6 Å². The number of nitrogens with zero attached hydrogens (tertiary/aromatic N) is 2. The van der Waals surface area contributed by atoms with Gasteiger partial charge in [0, 0.05) is 49.3 Å². The summed E-state index contributed by atoms with van der Waals surface area (Å²) in [6, 6.07) is 11.2. The van der Waals surface area contributed by atoms with Crippen molar-refractivity contribution in [1.82, 2.24) is 9.03 Å². The van der Waals surface area contributed by atoms with Gasteiger partial charge < -0.3 is 14.4 Å². The van der Waals surface area contributed by atoms with Gasteiger partial charge in [0.2, 0.25) is 0 Å². The zero-order valence-electron chi connectivity index (χ0n) is 25.0. The Labute approximate surface area is 259 Å². The van der Waals surface area contributed by atoms with Crippen LogP contribution in [0, 0.1) is 17.8 Å². The fourth-order valence-corrected chi connectivity index (χ4v) is 9.42. The second-order valence-corrected chi connectivity index (χ2v) is 15.4. The molecule has 1 saturated carbocycles. The third-order valence-corrected chi connectivity index (χ3v) is 12.7. The first-order valence-corrected chi connectivity index (χ1v) is 17.2.